The zero-order chi connectivity index (χ0) is 13.1. The summed E-state index contributed by atoms with van der Waals surface area (Å²) < 4.78 is 0. The fourth-order valence-electron chi connectivity index (χ4n) is 2.24. The first-order valence-electron chi connectivity index (χ1n) is 6.04. The van der Waals surface area contributed by atoms with E-state index in [1.54, 1.807) is 12.1 Å². The number of benzene rings is 1. The van der Waals surface area contributed by atoms with E-state index in [4.69, 9.17) is 34.8 Å². The van der Waals surface area contributed by atoms with Gasteiger partial charge in [0.15, 0.2) is 5.52 Å². The van der Waals surface area contributed by atoms with Crippen LogP contribution >= 0.6 is 43.4 Å². The molecular formula is C13H14Cl3LiOP. The number of halogens is 3. The molecule has 1 atom stereocenters. The van der Waals surface area contributed by atoms with Crippen LogP contribution in [0.25, 0.3) is 0 Å². The summed E-state index contributed by atoms with van der Waals surface area (Å²) in [5.74, 6) is 0. The van der Waals surface area contributed by atoms with E-state index in [-0.39, 0.29) is 38.0 Å². The van der Waals surface area contributed by atoms with Crippen LogP contribution in [0, 0.1) is 0 Å². The summed E-state index contributed by atoms with van der Waals surface area (Å²) in [7, 11) is 0.255. The topological polar surface area (TPSA) is 17.1 Å². The maximum absolute atomic E-state index is 12.3. The summed E-state index contributed by atoms with van der Waals surface area (Å²) in [6, 6.07) is 3.25. The Hall–Kier alpha value is 0.787. The quantitative estimate of drug-likeness (QED) is 0.411. The predicted molar refractivity (Wildman–Crippen MR) is 86.7 cm³/mol. The first-order valence-corrected chi connectivity index (χ1v) is 8.25. The maximum atomic E-state index is 12.3. The summed E-state index contributed by atoms with van der Waals surface area (Å²) in [6.45, 7) is 0. The molecule has 1 aromatic carbocycles. The molecule has 1 aliphatic carbocycles. The van der Waals surface area contributed by atoms with Gasteiger partial charge in [-0.3, -0.25) is 4.79 Å². The molecule has 1 saturated carbocycles. The van der Waals surface area contributed by atoms with Crippen molar-refractivity contribution in [3.8, 4) is 0 Å². The molecule has 0 amide bonds. The Balaban J connectivity index is 0.00000180. The molecule has 1 nitrogen and oxygen atoms in total. The van der Waals surface area contributed by atoms with Gasteiger partial charge in [-0.15, -0.1) is 0 Å². The second kappa shape index (κ2) is 8.28. The van der Waals surface area contributed by atoms with Crippen LogP contribution in [0.5, 0.6) is 0 Å². The van der Waals surface area contributed by atoms with Crippen LogP contribution in [0.15, 0.2) is 12.1 Å². The molecule has 0 spiro atoms. The van der Waals surface area contributed by atoms with Crippen LogP contribution in [-0.2, 0) is 0 Å². The van der Waals surface area contributed by atoms with E-state index >= 15 is 0 Å². The predicted octanol–water partition coefficient (Wildman–Crippen LogP) is 5.42. The van der Waals surface area contributed by atoms with Crippen molar-refractivity contribution in [1.29, 1.82) is 0 Å². The monoisotopic (exact) mass is 329 g/mol. The molecular weight excluding hydrogens is 316 g/mol. The van der Waals surface area contributed by atoms with Crippen LogP contribution in [0.2, 0.25) is 15.1 Å². The summed E-state index contributed by atoms with van der Waals surface area (Å²) in [5, 5.41) is 1.08. The molecule has 1 aromatic rings. The van der Waals surface area contributed by atoms with Crippen molar-refractivity contribution >= 4 is 67.8 Å². The molecule has 99 valence electrons. The van der Waals surface area contributed by atoms with Crippen molar-refractivity contribution in [1.82, 2.24) is 0 Å². The van der Waals surface area contributed by atoms with Crippen LogP contribution in [0.1, 0.15) is 42.5 Å². The third-order valence-electron chi connectivity index (χ3n) is 3.21. The minimum atomic E-state index is 0. The Kier molecular flexibility index (Phi) is 7.78. The van der Waals surface area contributed by atoms with Gasteiger partial charge in [0, 0.05) is 18.9 Å². The Morgan fingerprint density at radius 3 is 2.26 bits per heavy atom. The van der Waals surface area contributed by atoms with Crippen molar-refractivity contribution in [2.75, 3.05) is 0 Å². The van der Waals surface area contributed by atoms with Gasteiger partial charge < -0.3 is 0 Å². The van der Waals surface area contributed by atoms with Gasteiger partial charge in [-0.25, -0.2) is 0 Å². The molecule has 0 bridgehead atoms. The third kappa shape index (κ3) is 4.64. The van der Waals surface area contributed by atoms with Gasteiger partial charge >= 0.3 is 0 Å². The molecule has 19 heavy (non-hydrogen) atoms. The fraction of sp³-hybridized carbons (Fsp3) is 0.462. The number of carbonyl (C=O) groups excluding carboxylic acids is 1. The molecule has 0 aliphatic heterocycles. The molecule has 1 unspecified atom stereocenters. The van der Waals surface area contributed by atoms with E-state index in [0.29, 0.717) is 21.3 Å². The number of hydrogen-bond donors (Lipinski definition) is 0. The van der Waals surface area contributed by atoms with Gasteiger partial charge in [-0.1, -0.05) is 54.1 Å². The van der Waals surface area contributed by atoms with Crippen LogP contribution in [0.4, 0.5) is 0 Å². The normalized spacial score (nSPS) is 16.6. The average molecular weight is 331 g/mol. The second-order valence-electron chi connectivity index (χ2n) is 4.53. The summed E-state index contributed by atoms with van der Waals surface area (Å²) in [6.07, 6.45) is 6.01. The molecule has 1 fully saturated rings. The molecule has 1 radical (unpaired) electrons. The maximum Gasteiger partial charge on any atom is 0.184 e. The SMILES string of the molecule is O=C(PC1CCCCC1)c1c(Cl)ccc(Cl)c1Cl.[Li]. The summed E-state index contributed by atoms with van der Waals surface area (Å²) in [4.78, 5) is 12.3. The van der Waals surface area contributed by atoms with Gasteiger partial charge in [0.05, 0.1) is 20.6 Å². The molecule has 0 heterocycles. The largest absolute Gasteiger partial charge is 0.289 e. The minimum Gasteiger partial charge on any atom is -0.289 e. The van der Waals surface area contributed by atoms with E-state index in [9.17, 15) is 4.79 Å². The fourth-order valence-corrected chi connectivity index (χ4v) is 4.57. The molecule has 0 aromatic heterocycles. The molecule has 6 heteroatoms. The van der Waals surface area contributed by atoms with Crippen molar-refractivity contribution in [3.63, 3.8) is 0 Å². The van der Waals surface area contributed by atoms with Gasteiger partial charge in [-0.05, 0) is 39.2 Å². The Bertz CT molecular complexity index is 461. The van der Waals surface area contributed by atoms with Crippen molar-refractivity contribution in [2.45, 2.75) is 37.8 Å². The van der Waals surface area contributed by atoms with Crippen molar-refractivity contribution < 1.29 is 4.79 Å². The third-order valence-corrected chi connectivity index (χ3v) is 5.83. The Labute approximate surface area is 142 Å². The van der Waals surface area contributed by atoms with Gasteiger partial charge in [0.25, 0.3) is 0 Å². The number of rotatable bonds is 3. The van der Waals surface area contributed by atoms with Gasteiger partial charge in [-0.2, -0.15) is 0 Å². The summed E-state index contributed by atoms with van der Waals surface area (Å²) >= 11 is 18.1. The van der Waals surface area contributed by atoms with Crippen LogP contribution in [0.3, 0.4) is 0 Å². The van der Waals surface area contributed by atoms with E-state index in [2.05, 4.69) is 0 Å². The van der Waals surface area contributed by atoms with Crippen LogP contribution < -0.4 is 0 Å². The minimum absolute atomic E-state index is 0. The van der Waals surface area contributed by atoms with Crippen molar-refractivity contribution in [3.05, 3.63) is 32.8 Å². The number of hydrogen-bond acceptors (Lipinski definition) is 1. The molecule has 0 saturated heterocycles. The van der Waals surface area contributed by atoms with Crippen LogP contribution in [-0.4, -0.2) is 30.0 Å². The standard InChI is InChI=1S/C13H14Cl3OP.Li/c14-9-6-7-10(15)12(16)11(9)13(17)18-8-4-2-1-3-5-8;/h6-8,18H,1-5H2;. The number of carbonyl (C=O) groups is 1. The van der Waals surface area contributed by atoms with Crippen molar-refractivity contribution in [2.24, 2.45) is 0 Å². The molecule has 2 rings (SSSR count). The van der Waals surface area contributed by atoms with Gasteiger partial charge in [0.1, 0.15) is 0 Å². The zero-order valence-electron chi connectivity index (χ0n) is 10.8. The first-order chi connectivity index (χ1) is 8.59. The smallest absolute Gasteiger partial charge is 0.184 e. The van der Waals surface area contributed by atoms with E-state index in [1.807, 2.05) is 0 Å². The van der Waals surface area contributed by atoms with E-state index < -0.39 is 0 Å². The Morgan fingerprint density at radius 1 is 1.05 bits per heavy atom. The molecule has 0 N–H and O–H groups in total. The average Bonchev–Trinajstić information content (AvgIpc) is 2.36. The first kappa shape index (κ1) is 17.8. The van der Waals surface area contributed by atoms with E-state index in [0.717, 1.165) is 12.8 Å². The zero-order valence-corrected chi connectivity index (χ0v) is 14.1. The van der Waals surface area contributed by atoms with E-state index in [1.165, 1.54) is 19.3 Å². The Morgan fingerprint density at radius 2 is 1.63 bits per heavy atom. The van der Waals surface area contributed by atoms with Gasteiger partial charge in [0.2, 0.25) is 0 Å². The summed E-state index contributed by atoms with van der Waals surface area (Å²) in [5.41, 5.74) is 0.937. The molecule has 1 aliphatic rings. The second-order valence-corrected chi connectivity index (χ2v) is 7.28.